The fraction of sp³-hybridized carbons (Fsp3) is 0.235. The number of esters is 1. The minimum absolute atomic E-state index is 0.121. The van der Waals surface area contributed by atoms with E-state index < -0.39 is 16.0 Å². The Morgan fingerprint density at radius 1 is 1.12 bits per heavy atom. The zero-order valence-corrected chi connectivity index (χ0v) is 15.8. The number of carbonyl (C=O) groups is 1. The van der Waals surface area contributed by atoms with Crippen LogP contribution < -0.4 is 9.46 Å². The maximum absolute atomic E-state index is 12.8. The molecule has 0 radical (unpaired) electrons. The smallest absolute Gasteiger partial charge is 0.337 e. The van der Waals surface area contributed by atoms with E-state index in [2.05, 4.69) is 9.46 Å². The minimum atomic E-state index is -4.01. The van der Waals surface area contributed by atoms with Crippen LogP contribution in [0.2, 0.25) is 5.02 Å². The fourth-order valence-corrected chi connectivity index (χ4v) is 3.54. The normalized spacial score (nSPS) is 11.0. The number of benzene rings is 2. The number of hydrogen-bond donors (Lipinski definition) is 1. The van der Waals surface area contributed by atoms with Crippen molar-refractivity contribution in [3.63, 3.8) is 0 Å². The third-order valence-electron chi connectivity index (χ3n) is 3.28. The number of rotatable bonds is 8. The van der Waals surface area contributed by atoms with Crippen molar-refractivity contribution in [1.82, 2.24) is 0 Å². The third kappa shape index (κ3) is 5.10. The molecule has 140 valence electrons. The summed E-state index contributed by atoms with van der Waals surface area (Å²) in [5.41, 5.74) is 0.422. The van der Waals surface area contributed by atoms with Crippen molar-refractivity contribution in [2.75, 3.05) is 32.2 Å². The Morgan fingerprint density at radius 3 is 2.58 bits per heavy atom. The van der Waals surface area contributed by atoms with Crippen molar-refractivity contribution < 1.29 is 27.4 Å². The number of anilines is 1. The van der Waals surface area contributed by atoms with Gasteiger partial charge in [0.25, 0.3) is 10.0 Å². The molecule has 0 atom stereocenters. The van der Waals surface area contributed by atoms with Crippen LogP contribution in [-0.4, -0.2) is 41.8 Å². The predicted octanol–water partition coefficient (Wildman–Crippen LogP) is 2.95. The van der Waals surface area contributed by atoms with Gasteiger partial charge in [-0.05, 0) is 36.4 Å². The molecule has 1 N–H and O–H groups in total. The molecule has 0 aromatic heterocycles. The van der Waals surface area contributed by atoms with Crippen LogP contribution in [0.3, 0.4) is 0 Å². The first-order valence-corrected chi connectivity index (χ1v) is 9.36. The van der Waals surface area contributed by atoms with Crippen molar-refractivity contribution in [2.45, 2.75) is 4.90 Å². The first-order valence-electron chi connectivity index (χ1n) is 7.50. The quantitative estimate of drug-likeness (QED) is 0.542. The van der Waals surface area contributed by atoms with Crippen molar-refractivity contribution in [2.24, 2.45) is 0 Å². The summed E-state index contributed by atoms with van der Waals surface area (Å²) in [6, 6.07) is 10.2. The number of hydrogen-bond acceptors (Lipinski definition) is 6. The second-order valence-corrected chi connectivity index (χ2v) is 7.20. The Morgan fingerprint density at radius 2 is 1.88 bits per heavy atom. The molecule has 0 bridgehead atoms. The first-order chi connectivity index (χ1) is 12.4. The summed E-state index contributed by atoms with van der Waals surface area (Å²) in [6.07, 6.45) is 0. The molecule has 0 heterocycles. The van der Waals surface area contributed by atoms with Crippen LogP contribution in [0.1, 0.15) is 10.4 Å². The zero-order valence-electron chi connectivity index (χ0n) is 14.2. The van der Waals surface area contributed by atoms with E-state index >= 15 is 0 Å². The molecule has 9 heteroatoms. The van der Waals surface area contributed by atoms with Gasteiger partial charge in [-0.2, -0.15) is 0 Å². The van der Waals surface area contributed by atoms with E-state index in [1.54, 1.807) is 0 Å². The monoisotopic (exact) mass is 399 g/mol. The first kappa shape index (κ1) is 20.0. The van der Waals surface area contributed by atoms with Gasteiger partial charge in [0.05, 0.1) is 19.3 Å². The highest BCUT2D eigenvalue weighted by Crippen LogP contribution is 2.29. The summed E-state index contributed by atoms with van der Waals surface area (Å²) >= 11 is 5.94. The second kappa shape index (κ2) is 8.88. The number of sulfonamides is 1. The standard InChI is InChI=1S/C17H18ClNO6S/c1-23-8-9-25-15-7-6-13(18)11-16(15)26(21,22)19-14-5-3-4-12(10-14)17(20)24-2/h3-7,10-11,19H,8-9H2,1-2H3. The second-order valence-electron chi connectivity index (χ2n) is 5.11. The number of nitrogens with one attached hydrogen (secondary N) is 1. The lowest BCUT2D eigenvalue weighted by Crippen LogP contribution is -2.16. The molecule has 0 spiro atoms. The summed E-state index contributed by atoms with van der Waals surface area (Å²) in [5.74, 6) is -0.430. The van der Waals surface area contributed by atoms with Gasteiger partial charge in [0.2, 0.25) is 0 Å². The maximum atomic E-state index is 12.8. The molecule has 26 heavy (non-hydrogen) atoms. The van der Waals surface area contributed by atoms with Crippen molar-refractivity contribution >= 4 is 33.3 Å². The van der Waals surface area contributed by atoms with Crippen LogP contribution in [0.25, 0.3) is 0 Å². The number of ether oxygens (including phenoxy) is 3. The van der Waals surface area contributed by atoms with Gasteiger partial charge in [-0.15, -0.1) is 0 Å². The molecule has 0 aliphatic rings. The highest BCUT2D eigenvalue weighted by molar-refractivity contribution is 7.92. The van der Waals surface area contributed by atoms with Gasteiger partial charge in [-0.25, -0.2) is 13.2 Å². The molecule has 0 aliphatic carbocycles. The zero-order chi connectivity index (χ0) is 19.2. The molecule has 0 saturated carbocycles. The SMILES string of the molecule is COCCOc1ccc(Cl)cc1S(=O)(=O)Nc1cccc(C(=O)OC)c1. The molecule has 0 saturated heterocycles. The maximum Gasteiger partial charge on any atom is 0.337 e. The average Bonchev–Trinajstić information content (AvgIpc) is 2.62. The predicted molar refractivity (Wildman–Crippen MR) is 97.4 cm³/mol. The van der Waals surface area contributed by atoms with Gasteiger partial charge < -0.3 is 14.2 Å². The van der Waals surface area contributed by atoms with E-state index in [0.29, 0.717) is 6.61 Å². The number of carbonyl (C=O) groups excluding carboxylic acids is 1. The molecule has 2 aromatic carbocycles. The lowest BCUT2D eigenvalue weighted by Gasteiger charge is -2.14. The van der Waals surface area contributed by atoms with Crippen LogP contribution in [0.4, 0.5) is 5.69 Å². The molecule has 0 amide bonds. The van der Waals surface area contributed by atoms with E-state index in [4.69, 9.17) is 21.1 Å². The van der Waals surface area contributed by atoms with Gasteiger partial charge in [-0.1, -0.05) is 17.7 Å². The van der Waals surface area contributed by atoms with Gasteiger partial charge in [-0.3, -0.25) is 4.72 Å². The lowest BCUT2D eigenvalue weighted by atomic mass is 10.2. The van der Waals surface area contributed by atoms with E-state index in [9.17, 15) is 13.2 Å². The van der Waals surface area contributed by atoms with Crippen molar-refractivity contribution in [3.05, 3.63) is 53.1 Å². The molecule has 0 fully saturated rings. The Hall–Kier alpha value is -2.29. The topological polar surface area (TPSA) is 90.9 Å². The number of methoxy groups -OCH3 is 2. The highest BCUT2D eigenvalue weighted by Gasteiger charge is 2.21. The van der Waals surface area contributed by atoms with E-state index in [1.165, 1.54) is 56.7 Å². The van der Waals surface area contributed by atoms with E-state index in [0.717, 1.165) is 0 Å². The molecular formula is C17H18ClNO6S. The summed E-state index contributed by atoms with van der Waals surface area (Å²) in [4.78, 5) is 11.5. The average molecular weight is 400 g/mol. The van der Waals surface area contributed by atoms with Crippen LogP contribution in [-0.2, 0) is 19.5 Å². The highest BCUT2D eigenvalue weighted by atomic mass is 35.5. The molecule has 2 rings (SSSR count). The van der Waals surface area contributed by atoms with Crippen LogP contribution in [0.5, 0.6) is 5.75 Å². The summed E-state index contributed by atoms with van der Waals surface area (Å²) in [7, 11) is -1.25. The molecule has 7 nitrogen and oxygen atoms in total. The number of halogens is 1. The summed E-state index contributed by atoms with van der Waals surface area (Å²) in [5, 5.41) is 0.243. The Labute approximate surface area is 156 Å². The van der Waals surface area contributed by atoms with E-state index in [1.807, 2.05) is 0 Å². The Kier molecular flexibility index (Phi) is 6.84. The largest absolute Gasteiger partial charge is 0.490 e. The van der Waals surface area contributed by atoms with Crippen LogP contribution in [0.15, 0.2) is 47.4 Å². The molecular weight excluding hydrogens is 382 g/mol. The third-order valence-corrected chi connectivity index (χ3v) is 4.91. The molecule has 2 aromatic rings. The van der Waals surface area contributed by atoms with Gasteiger partial charge in [0, 0.05) is 17.8 Å². The summed E-state index contributed by atoms with van der Waals surface area (Å²) < 4.78 is 42.9. The summed E-state index contributed by atoms with van der Waals surface area (Å²) in [6.45, 7) is 0.481. The van der Waals surface area contributed by atoms with Gasteiger partial charge >= 0.3 is 5.97 Å². The van der Waals surface area contributed by atoms with Crippen molar-refractivity contribution in [3.8, 4) is 5.75 Å². The van der Waals surface area contributed by atoms with Crippen molar-refractivity contribution in [1.29, 1.82) is 0 Å². The van der Waals surface area contributed by atoms with E-state index in [-0.39, 0.29) is 33.5 Å². The van der Waals surface area contributed by atoms with Gasteiger partial charge in [0.1, 0.15) is 17.3 Å². The minimum Gasteiger partial charge on any atom is -0.490 e. The lowest BCUT2D eigenvalue weighted by molar-refractivity contribution is 0.0600. The Bertz CT molecular complexity index is 885. The van der Waals surface area contributed by atoms with Crippen LogP contribution >= 0.6 is 11.6 Å². The molecule has 0 unspecified atom stereocenters. The van der Waals surface area contributed by atoms with Crippen LogP contribution in [0, 0.1) is 0 Å². The molecule has 0 aliphatic heterocycles. The Balaban J connectivity index is 2.32. The van der Waals surface area contributed by atoms with Gasteiger partial charge in [0.15, 0.2) is 0 Å². The fourth-order valence-electron chi connectivity index (χ4n) is 2.08.